The molecule has 0 spiro atoms. The summed E-state index contributed by atoms with van der Waals surface area (Å²) >= 11 is 0. The van der Waals surface area contributed by atoms with Crippen LogP contribution in [0.15, 0.2) is 72.8 Å². The van der Waals surface area contributed by atoms with Crippen LogP contribution in [-0.2, 0) is 32.6 Å². The van der Waals surface area contributed by atoms with Crippen molar-refractivity contribution in [3.63, 3.8) is 0 Å². The summed E-state index contributed by atoms with van der Waals surface area (Å²) < 4.78 is 27.0. The number of aryl methyl sites for hydroxylation is 3. The van der Waals surface area contributed by atoms with E-state index >= 15 is 0 Å². The van der Waals surface area contributed by atoms with Crippen molar-refractivity contribution in [1.82, 2.24) is 10.2 Å². The van der Waals surface area contributed by atoms with Crippen LogP contribution in [-0.4, -0.2) is 50.0 Å². The monoisotopic (exact) mass is 591 g/mol. The maximum Gasteiger partial charge on any atom is 0.243 e. The zero-order valence-electron chi connectivity index (χ0n) is 25.8. The number of anilines is 1. The molecule has 7 nitrogen and oxygen atoms in total. The fourth-order valence-electron chi connectivity index (χ4n) is 4.97. The van der Waals surface area contributed by atoms with Gasteiger partial charge >= 0.3 is 0 Å². The Morgan fingerprint density at radius 2 is 1.55 bits per heavy atom. The lowest BCUT2D eigenvalue weighted by atomic mass is 10.0. The summed E-state index contributed by atoms with van der Waals surface area (Å²) in [6.07, 6.45) is 2.75. The van der Waals surface area contributed by atoms with Crippen molar-refractivity contribution in [1.29, 1.82) is 0 Å². The van der Waals surface area contributed by atoms with Crippen molar-refractivity contribution in [2.45, 2.75) is 78.9 Å². The number of carbonyl (C=O) groups excluding carboxylic acids is 2. The maximum atomic E-state index is 14.0. The topological polar surface area (TPSA) is 86.8 Å². The molecule has 0 saturated carbocycles. The van der Waals surface area contributed by atoms with Crippen LogP contribution in [0.3, 0.4) is 0 Å². The molecule has 0 unspecified atom stereocenters. The summed E-state index contributed by atoms with van der Waals surface area (Å²) in [5.41, 5.74) is 5.40. The van der Waals surface area contributed by atoms with Gasteiger partial charge in [-0.2, -0.15) is 0 Å². The quantitative estimate of drug-likeness (QED) is 0.260. The molecule has 3 aromatic rings. The van der Waals surface area contributed by atoms with Crippen LogP contribution in [0.1, 0.15) is 60.9 Å². The SMILES string of the molecule is CC[C@H](C)NC(=O)[C@@H](Cc1ccccc1)N(Cc1cccc(C)c1)C(=O)CCCN(c1cc(C)ccc1C)S(C)(=O)=O. The van der Waals surface area contributed by atoms with Gasteiger partial charge in [-0.3, -0.25) is 13.9 Å². The van der Waals surface area contributed by atoms with Crippen molar-refractivity contribution < 1.29 is 18.0 Å². The molecule has 0 saturated heterocycles. The van der Waals surface area contributed by atoms with E-state index in [0.717, 1.165) is 34.2 Å². The van der Waals surface area contributed by atoms with Gasteiger partial charge in [0.1, 0.15) is 6.04 Å². The molecule has 0 radical (unpaired) electrons. The molecule has 2 amide bonds. The summed E-state index contributed by atoms with van der Waals surface area (Å²) in [6, 6.07) is 22.6. The molecule has 0 aliphatic heterocycles. The van der Waals surface area contributed by atoms with Crippen LogP contribution >= 0.6 is 0 Å². The predicted octanol–water partition coefficient (Wildman–Crippen LogP) is 5.71. The molecule has 8 heteroatoms. The summed E-state index contributed by atoms with van der Waals surface area (Å²) in [6.45, 7) is 10.2. The zero-order chi connectivity index (χ0) is 30.9. The van der Waals surface area contributed by atoms with E-state index in [-0.39, 0.29) is 37.4 Å². The third-order valence-corrected chi connectivity index (χ3v) is 8.67. The van der Waals surface area contributed by atoms with Crippen molar-refractivity contribution in [3.05, 3.63) is 101 Å². The van der Waals surface area contributed by atoms with Crippen molar-refractivity contribution in [2.24, 2.45) is 0 Å². The highest BCUT2D eigenvalue weighted by molar-refractivity contribution is 7.92. The molecule has 0 aliphatic carbocycles. The predicted molar refractivity (Wildman–Crippen MR) is 171 cm³/mol. The number of nitrogens with zero attached hydrogens (tertiary/aromatic N) is 2. The number of nitrogens with one attached hydrogen (secondary N) is 1. The number of amides is 2. The third kappa shape index (κ3) is 9.44. The number of hydrogen-bond donors (Lipinski definition) is 1. The minimum atomic E-state index is -3.57. The number of sulfonamides is 1. The fourth-order valence-corrected chi connectivity index (χ4v) is 5.99. The summed E-state index contributed by atoms with van der Waals surface area (Å²) in [5, 5.41) is 3.09. The van der Waals surface area contributed by atoms with Crippen molar-refractivity contribution >= 4 is 27.5 Å². The highest BCUT2D eigenvalue weighted by Crippen LogP contribution is 2.25. The van der Waals surface area contributed by atoms with Gasteiger partial charge in [-0.05, 0) is 68.9 Å². The van der Waals surface area contributed by atoms with Gasteiger partial charge in [0, 0.05) is 32.0 Å². The number of rotatable bonds is 14. The van der Waals surface area contributed by atoms with Gasteiger partial charge in [-0.15, -0.1) is 0 Å². The lowest BCUT2D eigenvalue weighted by Gasteiger charge is -2.33. The van der Waals surface area contributed by atoms with E-state index < -0.39 is 16.1 Å². The normalized spacial score (nSPS) is 12.8. The first kappa shape index (κ1) is 32.9. The minimum absolute atomic E-state index is 0.0346. The van der Waals surface area contributed by atoms with E-state index in [1.165, 1.54) is 10.6 Å². The van der Waals surface area contributed by atoms with E-state index in [2.05, 4.69) is 5.32 Å². The Balaban J connectivity index is 1.91. The second-order valence-electron chi connectivity index (χ2n) is 11.3. The molecule has 226 valence electrons. The third-order valence-electron chi connectivity index (χ3n) is 7.49. The van der Waals surface area contributed by atoms with Gasteiger partial charge in [0.25, 0.3) is 0 Å². The molecule has 0 aromatic heterocycles. The Hall–Kier alpha value is -3.65. The smallest absolute Gasteiger partial charge is 0.243 e. The van der Waals surface area contributed by atoms with Crippen LogP contribution in [0.2, 0.25) is 0 Å². The van der Waals surface area contributed by atoms with E-state index in [9.17, 15) is 18.0 Å². The van der Waals surface area contributed by atoms with Gasteiger partial charge in [-0.25, -0.2) is 8.42 Å². The Morgan fingerprint density at radius 3 is 2.19 bits per heavy atom. The fraction of sp³-hybridized carbons (Fsp3) is 0.412. The largest absolute Gasteiger partial charge is 0.352 e. The maximum absolute atomic E-state index is 14.0. The van der Waals surface area contributed by atoms with Gasteiger partial charge < -0.3 is 10.2 Å². The molecule has 3 aromatic carbocycles. The van der Waals surface area contributed by atoms with E-state index in [1.54, 1.807) is 4.90 Å². The average molecular weight is 592 g/mol. The highest BCUT2D eigenvalue weighted by atomic mass is 32.2. The van der Waals surface area contributed by atoms with Crippen LogP contribution in [0.25, 0.3) is 0 Å². The minimum Gasteiger partial charge on any atom is -0.352 e. The van der Waals surface area contributed by atoms with Gasteiger partial charge in [0.05, 0.1) is 11.9 Å². The first-order chi connectivity index (χ1) is 19.9. The zero-order valence-corrected chi connectivity index (χ0v) is 26.6. The Bertz CT molecular complexity index is 1460. The lowest BCUT2D eigenvalue weighted by molar-refractivity contribution is -0.141. The first-order valence-corrected chi connectivity index (χ1v) is 16.5. The molecule has 0 aliphatic rings. The molecule has 42 heavy (non-hydrogen) atoms. The number of hydrogen-bond acceptors (Lipinski definition) is 4. The number of benzene rings is 3. The van der Waals surface area contributed by atoms with Crippen molar-refractivity contribution in [3.8, 4) is 0 Å². The molecule has 0 fully saturated rings. The van der Waals surface area contributed by atoms with Gasteiger partial charge in [0.15, 0.2) is 0 Å². The molecule has 0 heterocycles. The number of carbonyl (C=O) groups is 2. The molecule has 0 bridgehead atoms. The molecule has 1 N–H and O–H groups in total. The molecule has 3 rings (SSSR count). The summed E-state index contributed by atoms with van der Waals surface area (Å²) in [5.74, 6) is -0.381. The molecular formula is C34H45N3O4S. The second-order valence-corrected chi connectivity index (χ2v) is 13.2. The Morgan fingerprint density at radius 1 is 0.881 bits per heavy atom. The van der Waals surface area contributed by atoms with Gasteiger partial charge in [0.2, 0.25) is 21.8 Å². The van der Waals surface area contributed by atoms with Crippen LogP contribution in [0.5, 0.6) is 0 Å². The van der Waals surface area contributed by atoms with Crippen LogP contribution in [0.4, 0.5) is 5.69 Å². The first-order valence-electron chi connectivity index (χ1n) is 14.6. The lowest BCUT2D eigenvalue weighted by Crippen LogP contribution is -2.52. The second kappa shape index (κ2) is 15.0. The highest BCUT2D eigenvalue weighted by Gasteiger charge is 2.31. The van der Waals surface area contributed by atoms with Crippen LogP contribution in [0, 0.1) is 20.8 Å². The van der Waals surface area contributed by atoms with E-state index in [1.807, 2.05) is 107 Å². The Labute approximate surface area is 252 Å². The summed E-state index contributed by atoms with van der Waals surface area (Å²) in [7, 11) is -3.57. The molecule has 2 atom stereocenters. The van der Waals surface area contributed by atoms with Gasteiger partial charge in [-0.1, -0.05) is 79.2 Å². The van der Waals surface area contributed by atoms with Crippen molar-refractivity contribution in [2.75, 3.05) is 17.1 Å². The van der Waals surface area contributed by atoms with Crippen LogP contribution < -0.4 is 9.62 Å². The molecular weight excluding hydrogens is 546 g/mol. The van der Waals surface area contributed by atoms with E-state index in [0.29, 0.717) is 18.5 Å². The average Bonchev–Trinajstić information content (AvgIpc) is 2.94. The standard InChI is InChI=1S/C34H45N3O4S/c1-7-28(5)35-34(39)32(23-29-14-9-8-10-15-29)36(24-30-16-11-13-25(2)21-30)33(38)17-12-20-37(42(6,40)41)31-22-26(3)18-19-27(31)4/h8-11,13-16,18-19,21-22,28,32H,7,12,17,20,23-24H2,1-6H3,(H,35,39)/t28-,32+/m0/s1. The Kier molecular flexibility index (Phi) is 11.7. The summed E-state index contributed by atoms with van der Waals surface area (Å²) in [4.78, 5) is 29.4. The van der Waals surface area contributed by atoms with E-state index in [4.69, 9.17) is 0 Å².